The van der Waals surface area contributed by atoms with Gasteiger partial charge in [-0.15, -0.1) is 0 Å². The summed E-state index contributed by atoms with van der Waals surface area (Å²) in [7, 11) is 0. The molecular formula is C10H21N5O. The second-order valence-corrected chi connectivity index (χ2v) is 4.27. The summed E-state index contributed by atoms with van der Waals surface area (Å²) in [4.78, 5) is 15.5. The minimum Gasteiger partial charge on any atom is -0.353 e. The molecule has 5 N–H and O–H groups in total. The van der Waals surface area contributed by atoms with E-state index in [1.807, 2.05) is 13.8 Å². The first-order valence-electron chi connectivity index (χ1n) is 5.68. The van der Waals surface area contributed by atoms with Gasteiger partial charge >= 0.3 is 0 Å². The molecule has 0 saturated heterocycles. The average Bonchev–Trinajstić information content (AvgIpc) is 2.99. The Kier molecular flexibility index (Phi) is 5.04. The zero-order chi connectivity index (χ0) is 12.0. The second-order valence-electron chi connectivity index (χ2n) is 4.27. The summed E-state index contributed by atoms with van der Waals surface area (Å²) in [5.41, 5.74) is 2.47. The zero-order valence-corrected chi connectivity index (χ0v) is 9.92. The van der Waals surface area contributed by atoms with Crippen molar-refractivity contribution in [3.8, 4) is 0 Å². The Hall–Kier alpha value is -1.30. The van der Waals surface area contributed by atoms with Gasteiger partial charge in [0, 0.05) is 18.5 Å². The molecule has 0 atom stereocenters. The van der Waals surface area contributed by atoms with Crippen LogP contribution in [0.1, 0.15) is 33.1 Å². The molecule has 0 unspecified atom stereocenters. The Morgan fingerprint density at radius 2 is 2.19 bits per heavy atom. The molecule has 1 fully saturated rings. The number of nitrogens with two attached hydrogens (primary N) is 1. The lowest BCUT2D eigenvalue weighted by Gasteiger charge is -2.11. The predicted octanol–water partition coefficient (Wildman–Crippen LogP) is -0.528. The molecule has 0 heterocycles. The number of hydrogen-bond acceptors (Lipinski definition) is 3. The normalized spacial score (nSPS) is 16.1. The monoisotopic (exact) mass is 227 g/mol. The van der Waals surface area contributed by atoms with Crippen molar-refractivity contribution in [2.45, 2.75) is 45.2 Å². The molecule has 1 rings (SSSR count). The molecule has 1 aliphatic rings. The smallest absolute Gasteiger partial charge is 0.222 e. The van der Waals surface area contributed by atoms with E-state index in [0.29, 0.717) is 25.0 Å². The van der Waals surface area contributed by atoms with Gasteiger partial charge in [0.2, 0.25) is 11.9 Å². The first kappa shape index (κ1) is 12.8. The number of nitrogens with zero attached hydrogens (tertiary/aromatic N) is 1. The lowest BCUT2D eigenvalue weighted by atomic mass is 10.4. The fourth-order valence-corrected chi connectivity index (χ4v) is 1.20. The third-order valence-corrected chi connectivity index (χ3v) is 2.11. The molecule has 6 nitrogen and oxygen atoms in total. The van der Waals surface area contributed by atoms with E-state index >= 15 is 0 Å². The molecule has 0 aromatic rings. The Morgan fingerprint density at radius 1 is 1.50 bits per heavy atom. The van der Waals surface area contributed by atoms with Crippen molar-refractivity contribution in [2.24, 2.45) is 10.8 Å². The van der Waals surface area contributed by atoms with E-state index in [9.17, 15) is 4.79 Å². The summed E-state index contributed by atoms with van der Waals surface area (Å²) in [6, 6.07) is 0.674. The summed E-state index contributed by atoms with van der Waals surface area (Å²) in [5, 5.41) is 5.94. The molecule has 1 aliphatic carbocycles. The summed E-state index contributed by atoms with van der Waals surface area (Å²) >= 11 is 0. The van der Waals surface area contributed by atoms with Crippen molar-refractivity contribution in [3.05, 3.63) is 0 Å². The Labute approximate surface area is 96.0 Å². The lowest BCUT2D eigenvalue weighted by molar-refractivity contribution is -0.121. The number of hydrogen-bond donors (Lipinski definition) is 4. The van der Waals surface area contributed by atoms with Crippen molar-refractivity contribution in [1.82, 2.24) is 16.1 Å². The number of guanidine groups is 1. The van der Waals surface area contributed by atoms with Crippen LogP contribution in [0.4, 0.5) is 0 Å². The molecule has 0 spiro atoms. The highest BCUT2D eigenvalue weighted by Crippen LogP contribution is 2.18. The van der Waals surface area contributed by atoms with Crippen molar-refractivity contribution in [1.29, 1.82) is 0 Å². The fourth-order valence-electron chi connectivity index (χ4n) is 1.20. The van der Waals surface area contributed by atoms with Gasteiger partial charge < -0.3 is 10.6 Å². The molecular weight excluding hydrogens is 206 g/mol. The molecule has 0 bridgehead atoms. The van der Waals surface area contributed by atoms with Crippen molar-refractivity contribution in [2.75, 3.05) is 6.54 Å². The number of rotatable bonds is 5. The minimum atomic E-state index is 0.0622. The van der Waals surface area contributed by atoms with Gasteiger partial charge in [0.15, 0.2) is 0 Å². The van der Waals surface area contributed by atoms with E-state index in [0.717, 1.165) is 12.8 Å². The highest BCUT2D eigenvalue weighted by atomic mass is 16.1. The standard InChI is InChI=1S/C10H21N5O/c1-7(2)13-10(15-11)12-6-5-9(16)14-8-3-4-8/h7-8H,3-6,11H2,1-2H3,(H,14,16)(H2,12,13,15). The molecule has 0 aromatic heterocycles. The molecule has 92 valence electrons. The minimum absolute atomic E-state index is 0.0622. The Morgan fingerprint density at radius 3 is 2.69 bits per heavy atom. The van der Waals surface area contributed by atoms with Gasteiger partial charge in [0.1, 0.15) is 0 Å². The van der Waals surface area contributed by atoms with Crippen LogP contribution in [-0.4, -0.2) is 30.5 Å². The number of hydrazine groups is 1. The number of amides is 1. The number of carbonyl (C=O) groups is 1. The molecule has 16 heavy (non-hydrogen) atoms. The third kappa shape index (κ3) is 5.55. The molecule has 1 saturated carbocycles. The highest BCUT2D eigenvalue weighted by molar-refractivity contribution is 5.80. The van der Waals surface area contributed by atoms with Crippen molar-refractivity contribution < 1.29 is 4.79 Å². The number of nitrogens with one attached hydrogen (secondary N) is 3. The summed E-state index contributed by atoms with van der Waals surface area (Å²) in [5.74, 6) is 5.87. The first-order valence-corrected chi connectivity index (χ1v) is 5.68. The van der Waals surface area contributed by atoms with Crippen LogP contribution in [0.3, 0.4) is 0 Å². The number of aliphatic imine (C=N–C) groups is 1. The third-order valence-electron chi connectivity index (χ3n) is 2.11. The van der Waals surface area contributed by atoms with Gasteiger partial charge in [-0.25, -0.2) is 5.84 Å². The van der Waals surface area contributed by atoms with E-state index in [1.165, 1.54) is 0 Å². The first-order chi connectivity index (χ1) is 7.61. The predicted molar refractivity (Wildman–Crippen MR) is 63.7 cm³/mol. The lowest BCUT2D eigenvalue weighted by Crippen LogP contribution is -2.44. The van der Waals surface area contributed by atoms with Crippen molar-refractivity contribution in [3.63, 3.8) is 0 Å². The molecule has 1 amide bonds. The van der Waals surface area contributed by atoms with E-state index in [2.05, 4.69) is 21.1 Å². The van der Waals surface area contributed by atoms with Crippen LogP contribution < -0.4 is 21.9 Å². The largest absolute Gasteiger partial charge is 0.353 e. The molecule has 6 heteroatoms. The van der Waals surface area contributed by atoms with E-state index in [-0.39, 0.29) is 11.9 Å². The second kappa shape index (κ2) is 6.32. The van der Waals surface area contributed by atoms with Crippen LogP contribution in [0.15, 0.2) is 4.99 Å². The topological polar surface area (TPSA) is 91.5 Å². The van der Waals surface area contributed by atoms with E-state index < -0.39 is 0 Å². The van der Waals surface area contributed by atoms with Crippen molar-refractivity contribution >= 4 is 11.9 Å². The van der Waals surface area contributed by atoms with Gasteiger partial charge in [-0.05, 0) is 26.7 Å². The van der Waals surface area contributed by atoms with Crippen LogP contribution in [-0.2, 0) is 4.79 Å². The van der Waals surface area contributed by atoms with Gasteiger partial charge in [-0.1, -0.05) is 0 Å². The van der Waals surface area contributed by atoms with Crippen LogP contribution in [0, 0.1) is 0 Å². The maximum absolute atomic E-state index is 11.3. The fraction of sp³-hybridized carbons (Fsp3) is 0.800. The zero-order valence-electron chi connectivity index (χ0n) is 9.92. The maximum Gasteiger partial charge on any atom is 0.222 e. The number of carbonyl (C=O) groups excluding carboxylic acids is 1. The Balaban J connectivity index is 2.18. The molecule has 0 aromatic carbocycles. The summed E-state index contributed by atoms with van der Waals surface area (Å²) < 4.78 is 0. The van der Waals surface area contributed by atoms with Gasteiger partial charge in [-0.2, -0.15) is 0 Å². The molecule has 0 aliphatic heterocycles. The quantitative estimate of drug-likeness (QED) is 0.220. The van der Waals surface area contributed by atoms with Gasteiger partial charge in [0.25, 0.3) is 0 Å². The van der Waals surface area contributed by atoms with Gasteiger partial charge in [-0.3, -0.25) is 15.2 Å². The summed E-state index contributed by atoms with van der Waals surface area (Å²) in [6.45, 7) is 4.43. The summed E-state index contributed by atoms with van der Waals surface area (Å²) in [6.07, 6.45) is 2.63. The average molecular weight is 227 g/mol. The van der Waals surface area contributed by atoms with E-state index in [4.69, 9.17) is 5.84 Å². The van der Waals surface area contributed by atoms with Crippen LogP contribution in [0.25, 0.3) is 0 Å². The Bertz CT molecular complexity index is 260. The SMILES string of the molecule is CC(C)NC(=NCCC(=O)NC1CC1)NN. The van der Waals surface area contributed by atoms with E-state index in [1.54, 1.807) is 0 Å². The van der Waals surface area contributed by atoms with Crippen LogP contribution in [0.5, 0.6) is 0 Å². The molecule has 0 radical (unpaired) electrons. The maximum atomic E-state index is 11.3. The van der Waals surface area contributed by atoms with Crippen LogP contribution in [0.2, 0.25) is 0 Å². The highest BCUT2D eigenvalue weighted by Gasteiger charge is 2.22. The van der Waals surface area contributed by atoms with Crippen LogP contribution >= 0.6 is 0 Å². The van der Waals surface area contributed by atoms with Gasteiger partial charge in [0.05, 0.1) is 6.54 Å².